The molecule has 2 saturated carbocycles. The maximum absolute atomic E-state index is 2.56. The van der Waals surface area contributed by atoms with Crippen LogP contribution in [-0.2, 0) is 6.42 Å². The van der Waals surface area contributed by atoms with Gasteiger partial charge in [-0.2, -0.15) is 0 Å². The zero-order valence-corrected chi connectivity index (χ0v) is 16.3. The summed E-state index contributed by atoms with van der Waals surface area (Å²) in [5.41, 5.74) is 3.08. The fourth-order valence-corrected chi connectivity index (χ4v) is 5.81. The van der Waals surface area contributed by atoms with Crippen molar-refractivity contribution >= 4 is 0 Å². The van der Waals surface area contributed by atoms with Gasteiger partial charge in [-0.15, -0.1) is 0 Å². The highest BCUT2D eigenvalue weighted by molar-refractivity contribution is 5.25. The van der Waals surface area contributed by atoms with Gasteiger partial charge in [0.25, 0.3) is 0 Å². The monoisotopic (exact) mass is 326 g/mol. The van der Waals surface area contributed by atoms with E-state index in [0.717, 1.165) is 36.0 Å². The average molecular weight is 327 g/mol. The van der Waals surface area contributed by atoms with E-state index < -0.39 is 0 Å². The highest BCUT2D eigenvalue weighted by atomic mass is 14.4. The lowest BCUT2D eigenvalue weighted by Gasteiger charge is -2.42. The third-order valence-electron chi connectivity index (χ3n) is 7.28. The Morgan fingerprint density at radius 2 is 1.58 bits per heavy atom. The zero-order valence-electron chi connectivity index (χ0n) is 16.3. The van der Waals surface area contributed by atoms with Crippen molar-refractivity contribution in [2.45, 2.75) is 90.9 Å². The summed E-state index contributed by atoms with van der Waals surface area (Å²) in [6.45, 7) is 7.16. The summed E-state index contributed by atoms with van der Waals surface area (Å²) in [5, 5.41) is 0. The smallest absolute Gasteiger partial charge is 0.0162 e. The molecule has 0 N–H and O–H groups in total. The van der Waals surface area contributed by atoms with Crippen molar-refractivity contribution in [3.8, 4) is 0 Å². The fourth-order valence-electron chi connectivity index (χ4n) is 5.81. The molecule has 3 unspecified atom stereocenters. The molecule has 3 rings (SSSR count). The van der Waals surface area contributed by atoms with Crippen molar-refractivity contribution in [2.24, 2.45) is 23.7 Å². The van der Waals surface area contributed by atoms with Crippen molar-refractivity contribution in [3.05, 3.63) is 35.4 Å². The highest BCUT2D eigenvalue weighted by Crippen LogP contribution is 2.46. The number of hydrogen-bond acceptors (Lipinski definition) is 0. The molecule has 1 aromatic rings. The molecule has 24 heavy (non-hydrogen) atoms. The SMILES string of the molecule is CCCC1CCC(C2CCC(c3ccc(CC)cc3)CC2)C(C)C1. The van der Waals surface area contributed by atoms with Gasteiger partial charge in [0.05, 0.1) is 0 Å². The molecular weight excluding hydrogens is 288 g/mol. The molecule has 0 nitrogen and oxygen atoms in total. The van der Waals surface area contributed by atoms with Crippen molar-refractivity contribution in [2.75, 3.05) is 0 Å². The summed E-state index contributed by atoms with van der Waals surface area (Å²) in [4.78, 5) is 0. The Bertz CT molecular complexity index is 477. The maximum Gasteiger partial charge on any atom is -0.0162 e. The van der Waals surface area contributed by atoms with E-state index in [1.807, 2.05) is 0 Å². The van der Waals surface area contributed by atoms with Gasteiger partial charge in [-0.1, -0.05) is 64.3 Å². The van der Waals surface area contributed by atoms with E-state index in [2.05, 4.69) is 45.0 Å². The first-order valence-electron chi connectivity index (χ1n) is 10.8. The summed E-state index contributed by atoms with van der Waals surface area (Å²) in [5.74, 6) is 4.89. The lowest BCUT2D eigenvalue weighted by Crippen LogP contribution is -2.31. The van der Waals surface area contributed by atoms with Gasteiger partial charge in [0.2, 0.25) is 0 Å². The molecule has 2 fully saturated rings. The Labute approximate surface area is 150 Å². The molecular formula is C24H38. The summed E-state index contributed by atoms with van der Waals surface area (Å²) in [6.07, 6.45) is 14.4. The van der Waals surface area contributed by atoms with Crippen LogP contribution in [0.1, 0.15) is 95.6 Å². The van der Waals surface area contributed by atoms with Crippen molar-refractivity contribution < 1.29 is 0 Å². The van der Waals surface area contributed by atoms with Gasteiger partial charge in [-0.25, -0.2) is 0 Å². The molecule has 0 aromatic heterocycles. The second-order valence-electron chi connectivity index (χ2n) is 8.82. The van der Waals surface area contributed by atoms with E-state index >= 15 is 0 Å². The molecule has 0 amide bonds. The van der Waals surface area contributed by atoms with E-state index in [9.17, 15) is 0 Å². The number of rotatable bonds is 5. The van der Waals surface area contributed by atoms with Gasteiger partial charge in [0, 0.05) is 0 Å². The Morgan fingerprint density at radius 3 is 2.17 bits per heavy atom. The number of hydrogen-bond donors (Lipinski definition) is 0. The van der Waals surface area contributed by atoms with Crippen LogP contribution in [0.3, 0.4) is 0 Å². The normalized spacial score (nSPS) is 34.2. The predicted octanol–water partition coefficient (Wildman–Crippen LogP) is 7.38. The molecule has 0 heteroatoms. The van der Waals surface area contributed by atoms with Gasteiger partial charge in [0.15, 0.2) is 0 Å². The highest BCUT2D eigenvalue weighted by Gasteiger charge is 2.34. The molecule has 134 valence electrons. The first-order valence-corrected chi connectivity index (χ1v) is 10.8. The number of benzene rings is 1. The Balaban J connectivity index is 1.51. The Morgan fingerprint density at radius 1 is 0.875 bits per heavy atom. The second-order valence-corrected chi connectivity index (χ2v) is 8.82. The van der Waals surface area contributed by atoms with Crippen LogP contribution in [0, 0.1) is 23.7 Å². The molecule has 2 aliphatic carbocycles. The lowest BCUT2D eigenvalue weighted by atomic mass is 9.64. The topological polar surface area (TPSA) is 0 Å². The molecule has 0 radical (unpaired) electrons. The minimum Gasteiger partial charge on any atom is -0.0654 e. The van der Waals surface area contributed by atoms with Crippen LogP contribution in [0.15, 0.2) is 24.3 Å². The van der Waals surface area contributed by atoms with E-state index in [0.29, 0.717) is 0 Å². The van der Waals surface area contributed by atoms with Crippen LogP contribution in [-0.4, -0.2) is 0 Å². The van der Waals surface area contributed by atoms with Gasteiger partial charge < -0.3 is 0 Å². The van der Waals surface area contributed by atoms with Crippen LogP contribution < -0.4 is 0 Å². The molecule has 0 bridgehead atoms. The van der Waals surface area contributed by atoms with Crippen molar-refractivity contribution in [3.63, 3.8) is 0 Å². The molecule has 0 aliphatic heterocycles. The maximum atomic E-state index is 2.56. The average Bonchev–Trinajstić information content (AvgIpc) is 2.62. The minimum atomic E-state index is 0.832. The molecule has 0 heterocycles. The standard InChI is InChI=1S/C24H38/c1-4-6-20-9-16-24(18(3)17-20)23-14-12-22(13-15-23)21-10-7-19(5-2)8-11-21/h7-8,10-11,18,20,22-24H,4-6,9,12-17H2,1-3H3. The largest absolute Gasteiger partial charge is 0.0654 e. The first-order chi connectivity index (χ1) is 11.7. The van der Waals surface area contributed by atoms with Crippen LogP contribution in [0.5, 0.6) is 0 Å². The van der Waals surface area contributed by atoms with Crippen molar-refractivity contribution in [1.82, 2.24) is 0 Å². The van der Waals surface area contributed by atoms with Crippen LogP contribution in [0.2, 0.25) is 0 Å². The fraction of sp³-hybridized carbons (Fsp3) is 0.750. The Kier molecular flexibility index (Phi) is 6.42. The van der Waals surface area contributed by atoms with E-state index in [1.54, 1.807) is 5.56 Å². The van der Waals surface area contributed by atoms with Gasteiger partial charge in [-0.3, -0.25) is 0 Å². The quantitative estimate of drug-likeness (QED) is 0.529. The van der Waals surface area contributed by atoms with Crippen LogP contribution in [0.25, 0.3) is 0 Å². The third-order valence-corrected chi connectivity index (χ3v) is 7.28. The van der Waals surface area contributed by atoms with Crippen LogP contribution >= 0.6 is 0 Å². The molecule has 1 aromatic carbocycles. The molecule has 0 saturated heterocycles. The van der Waals surface area contributed by atoms with Gasteiger partial charge in [0.1, 0.15) is 0 Å². The van der Waals surface area contributed by atoms with Crippen molar-refractivity contribution in [1.29, 1.82) is 0 Å². The lowest BCUT2D eigenvalue weighted by molar-refractivity contribution is 0.102. The third kappa shape index (κ3) is 4.24. The first kappa shape index (κ1) is 18.0. The molecule has 2 aliphatic rings. The van der Waals surface area contributed by atoms with E-state index in [-0.39, 0.29) is 0 Å². The summed E-state index contributed by atoms with van der Waals surface area (Å²) < 4.78 is 0. The van der Waals surface area contributed by atoms with Gasteiger partial charge >= 0.3 is 0 Å². The summed E-state index contributed by atoms with van der Waals surface area (Å²) in [7, 11) is 0. The number of aryl methyl sites for hydroxylation is 1. The Hall–Kier alpha value is -0.780. The zero-order chi connectivity index (χ0) is 16.9. The molecule has 3 atom stereocenters. The van der Waals surface area contributed by atoms with E-state index in [4.69, 9.17) is 0 Å². The van der Waals surface area contributed by atoms with E-state index in [1.165, 1.54) is 63.4 Å². The van der Waals surface area contributed by atoms with Gasteiger partial charge in [-0.05, 0) is 85.7 Å². The molecule has 0 spiro atoms. The minimum absolute atomic E-state index is 0.832. The van der Waals surface area contributed by atoms with Crippen LogP contribution in [0.4, 0.5) is 0 Å². The summed E-state index contributed by atoms with van der Waals surface area (Å²) in [6, 6.07) is 9.50. The second kappa shape index (κ2) is 8.54. The predicted molar refractivity (Wildman–Crippen MR) is 105 cm³/mol. The summed E-state index contributed by atoms with van der Waals surface area (Å²) >= 11 is 0.